The molecule has 4 rings (SSSR count). The molecule has 0 aliphatic rings. The van der Waals surface area contributed by atoms with Crippen LogP contribution in [0, 0.1) is 5.95 Å². The molecule has 0 aliphatic carbocycles. The summed E-state index contributed by atoms with van der Waals surface area (Å²) in [6.07, 6.45) is 1.19. The molecule has 0 atom stereocenters. The van der Waals surface area contributed by atoms with E-state index in [1.807, 2.05) is 0 Å². The van der Waals surface area contributed by atoms with Gasteiger partial charge in [-0.1, -0.05) is 0 Å². The van der Waals surface area contributed by atoms with Gasteiger partial charge in [-0.25, -0.2) is 4.68 Å². The van der Waals surface area contributed by atoms with Crippen molar-refractivity contribution in [1.82, 2.24) is 34.9 Å². The van der Waals surface area contributed by atoms with Crippen LogP contribution in [-0.2, 0) is 5.54 Å². The van der Waals surface area contributed by atoms with Gasteiger partial charge in [-0.2, -0.15) is 38.3 Å². The summed E-state index contributed by atoms with van der Waals surface area (Å²) >= 11 is 0. The van der Waals surface area contributed by atoms with Crippen LogP contribution < -0.4 is 11.1 Å². The van der Waals surface area contributed by atoms with E-state index in [1.165, 1.54) is 12.3 Å². The molecule has 0 unspecified atom stereocenters. The van der Waals surface area contributed by atoms with Crippen LogP contribution in [0.4, 0.5) is 25.1 Å². The number of rotatable bonds is 5. The second kappa shape index (κ2) is 6.72. The lowest BCUT2D eigenvalue weighted by Crippen LogP contribution is -2.30. The molecule has 0 amide bonds. The Hall–Kier alpha value is -3.70. The molecule has 3 heterocycles. The molecular weight excluding hydrogens is 387 g/mol. The molecule has 4 N–H and O–H groups in total. The van der Waals surface area contributed by atoms with E-state index in [-0.39, 0.29) is 23.1 Å². The Kier molecular flexibility index (Phi) is 4.32. The standard InChI is InChI=1S/C17H16F3N9/c1-17(2,11-5-6-29(28-11)14(19)20)25-16-23-13(22-15(21)24-16)8-3-4-10-9(7-8)12(18)27-26-10/h3-7,14H,1-2H3,(H,26,27)(H3,21,22,23,24,25). The Morgan fingerprint density at radius 3 is 2.69 bits per heavy atom. The smallest absolute Gasteiger partial charge is 0.333 e. The molecule has 4 aromatic rings. The highest BCUT2D eigenvalue weighted by molar-refractivity contribution is 5.83. The van der Waals surface area contributed by atoms with Crippen LogP contribution in [0.15, 0.2) is 30.5 Å². The molecule has 150 valence electrons. The summed E-state index contributed by atoms with van der Waals surface area (Å²) in [5.41, 5.74) is 6.25. The van der Waals surface area contributed by atoms with Gasteiger partial charge in [0.25, 0.3) is 0 Å². The molecule has 0 fully saturated rings. The van der Waals surface area contributed by atoms with Gasteiger partial charge in [-0.15, -0.1) is 0 Å². The molecule has 1 aromatic carbocycles. The lowest BCUT2D eigenvalue weighted by molar-refractivity contribution is 0.0558. The summed E-state index contributed by atoms with van der Waals surface area (Å²) in [7, 11) is 0. The maximum absolute atomic E-state index is 13.8. The maximum Gasteiger partial charge on any atom is 0.333 e. The van der Waals surface area contributed by atoms with Gasteiger partial charge in [-0.05, 0) is 38.1 Å². The van der Waals surface area contributed by atoms with Crippen LogP contribution in [0.5, 0.6) is 0 Å². The minimum atomic E-state index is -2.74. The first-order chi connectivity index (χ1) is 13.7. The van der Waals surface area contributed by atoms with Crippen LogP contribution in [0.1, 0.15) is 26.1 Å². The van der Waals surface area contributed by atoms with Crippen molar-refractivity contribution in [3.63, 3.8) is 0 Å². The monoisotopic (exact) mass is 403 g/mol. The lowest BCUT2D eigenvalue weighted by Gasteiger charge is -2.24. The highest BCUT2D eigenvalue weighted by Gasteiger charge is 2.26. The van der Waals surface area contributed by atoms with Crippen LogP contribution in [0.25, 0.3) is 22.3 Å². The lowest BCUT2D eigenvalue weighted by atomic mass is 10.0. The van der Waals surface area contributed by atoms with Crippen molar-refractivity contribution in [1.29, 1.82) is 0 Å². The van der Waals surface area contributed by atoms with Crippen LogP contribution >= 0.6 is 0 Å². The van der Waals surface area contributed by atoms with E-state index in [9.17, 15) is 13.2 Å². The second-order valence-corrected chi connectivity index (χ2v) is 6.82. The van der Waals surface area contributed by atoms with E-state index in [4.69, 9.17) is 5.73 Å². The molecule has 0 spiro atoms. The van der Waals surface area contributed by atoms with E-state index in [2.05, 4.69) is 35.6 Å². The summed E-state index contributed by atoms with van der Waals surface area (Å²) in [6.45, 7) is 0.729. The average Bonchev–Trinajstić information content (AvgIpc) is 3.29. The Bertz CT molecular complexity index is 1180. The Labute approximate surface area is 162 Å². The topological polar surface area (TPSA) is 123 Å². The molecule has 12 heteroatoms. The third kappa shape index (κ3) is 3.56. The Morgan fingerprint density at radius 2 is 1.97 bits per heavy atom. The molecule has 3 aromatic heterocycles. The number of hydrogen-bond donors (Lipinski definition) is 3. The normalized spacial score (nSPS) is 12.1. The van der Waals surface area contributed by atoms with Gasteiger partial charge in [0.15, 0.2) is 5.82 Å². The number of benzene rings is 1. The quantitative estimate of drug-likeness (QED) is 0.468. The Morgan fingerprint density at radius 1 is 1.17 bits per heavy atom. The number of alkyl halides is 2. The van der Waals surface area contributed by atoms with E-state index in [0.717, 1.165) is 0 Å². The number of nitrogens with one attached hydrogen (secondary N) is 2. The fourth-order valence-corrected chi connectivity index (χ4v) is 2.82. The summed E-state index contributed by atoms with van der Waals surface area (Å²) in [5, 5.41) is 13.3. The third-order valence-electron chi connectivity index (χ3n) is 4.29. The molecule has 0 radical (unpaired) electrons. The predicted molar refractivity (Wildman–Crippen MR) is 99.4 cm³/mol. The summed E-state index contributed by atoms with van der Waals surface area (Å²) < 4.78 is 40.0. The average molecular weight is 403 g/mol. The van der Waals surface area contributed by atoms with Crippen molar-refractivity contribution in [2.75, 3.05) is 11.1 Å². The zero-order chi connectivity index (χ0) is 20.8. The highest BCUT2D eigenvalue weighted by atomic mass is 19.3. The first kappa shape index (κ1) is 18.7. The molecule has 0 saturated carbocycles. The number of hydrogen-bond acceptors (Lipinski definition) is 7. The van der Waals surface area contributed by atoms with Crippen molar-refractivity contribution in [3.8, 4) is 11.4 Å². The number of nitrogen functional groups attached to an aromatic ring is 1. The first-order valence-electron chi connectivity index (χ1n) is 8.50. The fourth-order valence-electron chi connectivity index (χ4n) is 2.82. The predicted octanol–water partition coefficient (Wildman–Crippen LogP) is 3.08. The second-order valence-electron chi connectivity index (χ2n) is 6.82. The molecule has 0 saturated heterocycles. The molecule has 29 heavy (non-hydrogen) atoms. The zero-order valence-corrected chi connectivity index (χ0v) is 15.4. The maximum atomic E-state index is 13.8. The van der Waals surface area contributed by atoms with E-state index in [1.54, 1.807) is 32.0 Å². The van der Waals surface area contributed by atoms with E-state index in [0.29, 0.717) is 21.5 Å². The number of fused-ring (bicyclic) bond motifs is 1. The van der Waals surface area contributed by atoms with E-state index < -0.39 is 18.0 Å². The van der Waals surface area contributed by atoms with Gasteiger partial charge in [0.05, 0.1) is 22.1 Å². The van der Waals surface area contributed by atoms with Gasteiger partial charge in [0, 0.05) is 11.8 Å². The molecule has 9 nitrogen and oxygen atoms in total. The molecular formula is C17H16F3N9. The van der Waals surface area contributed by atoms with Gasteiger partial charge < -0.3 is 11.1 Å². The zero-order valence-electron chi connectivity index (χ0n) is 15.4. The van der Waals surface area contributed by atoms with Crippen molar-refractivity contribution < 1.29 is 13.2 Å². The summed E-state index contributed by atoms with van der Waals surface area (Å²) in [4.78, 5) is 12.5. The summed E-state index contributed by atoms with van der Waals surface area (Å²) in [5.74, 6) is -0.287. The number of nitrogens with two attached hydrogens (primary N) is 1. The largest absolute Gasteiger partial charge is 0.368 e. The van der Waals surface area contributed by atoms with Gasteiger partial charge in [-0.3, -0.25) is 5.10 Å². The third-order valence-corrected chi connectivity index (χ3v) is 4.29. The number of aromatic nitrogens is 7. The van der Waals surface area contributed by atoms with Crippen molar-refractivity contribution >= 4 is 22.8 Å². The minimum Gasteiger partial charge on any atom is -0.368 e. The summed E-state index contributed by atoms with van der Waals surface area (Å²) in [6, 6.07) is 6.32. The number of halogens is 3. The highest BCUT2D eigenvalue weighted by Crippen LogP contribution is 2.27. The van der Waals surface area contributed by atoms with Crippen molar-refractivity contribution in [2.24, 2.45) is 0 Å². The SMILES string of the molecule is CC(C)(Nc1nc(N)nc(-c2ccc3n[nH]c(F)c3c2)n1)c1ccn(C(F)F)n1. The van der Waals surface area contributed by atoms with Crippen LogP contribution in [0.3, 0.4) is 0 Å². The van der Waals surface area contributed by atoms with E-state index >= 15 is 0 Å². The molecule has 0 aliphatic heterocycles. The number of H-pyrrole nitrogens is 1. The van der Waals surface area contributed by atoms with Crippen LogP contribution in [-0.4, -0.2) is 34.9 Å². The number of aromatic amines is 1. The number of nitrogens with zero attached hydrogens (tertiary/aromatic N) is 6. The van der Waals surface area contributed by atoms with Gasteiger partial charge >= 0.3 is 6.55 Å². The number of anilines is 2. The fraction of sp³-hybridized carbons (Fsp3) is 0.235. The van der Waals surface area contributed by atoms with Crippen LogP contribution in [0.2, 0.25) is 0 Å². The Balaban J connectivity index is 1.67. The molecule has 0 bridgehead atoms. The first-order valence-corrected chi connectivity index (χ1v) is 8.50. The van der Waals surface area contributed by atoms with Gasteiger partial charge in [0.2, 0.25) is 17.8 Å². The minimum absolute atomic E-state index is 0.0563. The van der Waals surface area contributed by atoms with Gasteiger partial charge in [0.1, 0.15) is 0 Å². The van der Waals surface area contributed by atoms with Crippen molar-refractivity contribution in [3.05, 3.63) is 42.1 Å². The van der Waals surface area contributed by atoms with Crippen molar-refractivity contribution in [2.45, 2.75) is 25.9 Å².